The number of carbonyl (C=O) groups is 1. The summed E-state index contributed by atoms with van der Waals surface area (Å²) in [7, 11) is 0. The molecule has 6 nitrogen and oxygen atoms in total. The van der Waals surface area contributed by atoms with Crippen molar-refractivity contribution >= 4 is 5.91 Å². The first-order valence-electron chi connectivity index (χ1n) is 18.4. The molecular formula is C47H46N2O4. The molecule has 1 amide bonds. The first kappa shape index (κ1) is 36.0. The zero-order valence-corrected chi connectivity index (χ0v) is 30.1. The zero-order valence-electron chi connectivity index (χ0n) is 30.1. The second-order valence-corrected chi connectivity index (χ2v) is 13.8. The van der Waals surface area contributed by atoms with Gasteiger partial charge in [0.05, 0.1) is 18.8 Å². The predicted octanol–water partition coefficient (Wildman–Crippen LogP) is 9.27. The van der Waals surface area contributed by atoms with Gasteiger partial charge in [0, 0.05) is 43.2 Å². The molecule has 1 saturated heterocycles. The number of hydrogen-bond acceptors (Lipinski definition) is 5. The van der Waals surface area contributed by atoms with E-state index >= 15 is 0 Å². The van der Waals surface area contributed by atoms with E-state index in [0.717, 1.165) is 53.0 Å². The summed E-state index contributed by atoms with van der Waals surface area (Å²) >= 11 is 0. The second kappa shape index (κ2) is 17.4. The molecule has 0 spiro atoms. The van der Waals surface area contributed by atoms with Crippen LogP contribution in [0, 0.1) is 5.92 Å². The van der Waals surface area contributed by atoms with Crippen LogP contribution in [0.3, 0.4) is 0 Å². The fourth-order valence-corrected chi connectivity index (χ4v) is 7.02. The summed E-state index contributed by atoms with van der Waals surface area (Å²) in [6.07, 6.45) is -0.891. The van der Waals surface area contributed by atoms with Crippen molar-refractivity contribution in [3.8, 4) is 11.1 Å². The molecule has 1 aliphatic rings. The van der Waals surface area contributed by atoms with E-state index in [1.807, 2.05) is 54.6 Å². The van der Waals surface area contributed by atoms with Crippen LogP contribution in [0.4, 0.5) is 0 Å². The van der Waals surface area contributed by atoms with Crippen LogP contribution >= 0.6 is 0 Å². The number of aliphatic hydroxyl groups is 1. The van der Waals surface area contributed by atoms with Gasteiger partial charge in [-0.05, 0) is 57.1 Å². The predicted molar refractivity (Wildman–Crippen MR) is 209 cm³/mol. The Morgan fingerprint density at radius 2 is 1.21 bits per heavy atom. The molecule has 0 saturated carbocycles. The maximum Gasteiger partial charge on any atom is 0.251 e. The number of carbonyl (C=O) groups excluding carboxylic acids is 1. The van der Waals surface area contributed by atoms with Gasteiger partial charge in [-0.3, -0.25) is 9.69 Å². The van der Waals surface area contributed by atoms with Gasteiger partial charge in [0.1, 0.15) is 0 Å². The number of benzene rings is 6. The van der Waals surface area contributed by atoms with Crippen LogP contribution in [0.25, 0.3) is 11.1 Å². The summed E-state index contributed by atoms with van der Waals surface area (Å²) < 4.78 is 13.7. The van der Waals surface area contributed by atoms with E-state index in [4.69, 9.17) is 9.47 Å². The highest BCUT2D eigenvalue weighted by Gasteiger charge is 2.39. The van der Waals surface area contributed by atoms with Crippen molar-refractivity contribution in [1.29, 1.82) is 0 Å². The van der Waals surface area contributed by atoms with E-state index in [1.54, 1.807) is 0 Å². The molecule has 268 valence electrons. The minimum Gasteiger partial charge on any atom is -0.392 e. The average molecular weight is 703 g/mol. The van der Waals surface area contributed by atoms with Crippen LogP contribution in [-0.4, -0.2) is 28.6 Å². The summed E-state index contributed by atoms with van der Waals surface area (Å²) in [5.74, 6) is -0.0315. The molecule has 6 aromatic carbocycles. The smallest absolute Gasteiger partial charge is 0.251 e. The summed E-state index contributed by atoms with van der Waals surface area (Å²) in [5.41, 5.74) is 9.22. The van der Waals surface area contributed by atoms with Gasteiger partial charge in [-0.2, -0.15) is 0 Å². The monoisotopic (exact) mass is 702 g/mol. The van der Waals surface area contributed by atoms with Crippen molar-refractivity contribution in [2.45, 2.75) is 51.7 Å². The van der Waals surface area contributed by atoms with Crippen molar-refractivity contribution < 1.29 is 19.4 Å². The SMILES string of the molecule is CC1C(CN(Cc2ccccc2)Cc2ccccc2)OC(c2ccc(-c3cccc(CNC(=O)c4ccccc4)c3)cc2)OC1c1ccc(CO)cc1. The minimum atomic E-state index is -0.567. The lowest BCUT2D eigenvalue weighted by atomic mass is 9.89. The molecule has 2 N–H and O–H groups in total. The van der Waals surface area contributed by atoms with Crippen molar-refractivity contribution in [1.82, 2.24) is 10.2 Å². The maximum atomic E-state index is 12.6. The van der Waals surface area contributed by atoms with Crippen LogP contribution < -0.4 is 5.32 Å². The normalized spacial score (nSPS) is 18.5. The van der Waals surface area contributed by atoms with Gasteiger partial charge in [0.25, 0.3) is 5.91 Å². The third kappa shape index (κ3) is 9.36. The van der Waals surface area contributed by atoms with Gasteiger partial charge in [0.2, 0.25) is 0 Å². The quantitative estimate of drug-likeness (QED) is 0.126. The second-order valence-electron chi connectivity index (χ2n) is 13.8. The molecule has 7 rings (SSSR count). The number of amides is 1. The number of ether oxygens (including phenoxy) is 2. The van der Waals surface area contributed by atoms with Gasteiger partial charge < -0.3 is 19.9 Å². The van der Waals surface area contributed by atoms with Crippen LogP contribution in [-0.2, 0) is 35.7 Å². The molecule has 53 heavy (non-hydrogen) atoms. The van der Waals surface area contributed by atoms with Crippen LogP contribution in [0.2, 0.25) is 0 Å². The zero-order chi connectivity index (χ0) is 36.4. The van der Waals surface area contributed by atoms with Gasteiger partial charge in [-0.15, -0.1) is 0 Å². The molecular weight excluding hydrogens is 657 g/mol. The Bertz CT molecular complexity index is 2000. The molecule has 4 atom stereocenters. The first-order chi connectivity index (χ1) is 26.0. The van der Waals surface area contributed by atoms with Gasteiger partial charge in [-0.25, -0.2) is 0 Å². The molecule has 1 aliphatic heterocycles. The largest absolute Gasteiger partial charge is 0.392 e. The average Bonchev–Trinajstić information content (AvgIpc) is 3.22. The number of nitrogens with one attached hydrogen (secondary N) is 1. The van der Waals surface area contributed by atoms with Crippen molar-refractivity contribution in [2.75, 3.05) is 6.54 Å². The maximum absolute atomic E-state index is 12.6. The van der Waals surface area contributed by atoms with Crippen molar-refractivity contribution in [3.05, 3.63) is 203 Å². The highest BCUT2D eigenvalue weighted by atomic mass is 16.7. The van der Waals surface area contributed by atoms with Crippen LogP contribution in [0.15, 0.2) is 164 Å². The van der Waals surface area contributed by atoms with E-state index in [-0.39, 0.29) is 30.6 Å². The fourth-order valence-electron chi connectivity index (χ4n) is 7.02. The lowest BCUT2D eigenvalue weighted by Gasteiger charge is -2.43. The van der Waals surface area contributed by atoms with Crippen molar-refractivity contribution in [2.24, 2.45) is 5.92 Å². The Hall–Kier alpha value is -5.37. The van der Waals surface area contributed by atoms with Crippen LogP contribution in [0.1, 0.15) is 63.1 Å². The molecule has 0 aromatic heterocycles. The third-order valence-electron chi connectivity index (χ3n) is 9.99. The van der Waals surface area contributed by atoms with Crippen LogP contribution in [0.5, 0.6) is 0 Å². The highest BCUT2D eigenvalue weighted by Crippen LogP contribution is 2.42. The molecule has 6 heteroatoms. The lowest BCUT2D eigenvalue weighted by Crippen LogP contribution is -2.44. The van der Waals surface area contributed by atoms with E-state index in [9.17, 15) is 9.90 Å². The molecule has 0 bridgehead atoms. The summed E-state index contributed by atoms with van der Waals surface area (Å²) in [6.45, 7) is 4.98. The van der Waals surface area contributed by atoms with E-state index < -0.39 is 6.29 Å². The van der Waals surface area contributed by atoms with E-state index in [1.165, 1.54) is 11.1 Å². The standard InChI is InChI=1S/C47H46N2O4/c1-34-44(32-49(30-35-12-5-2-6-13-35)31-36-14-7-3-8-15-36)52-47(53-45(34)40-22-20-37(33-50)21-23-40)42-26-24-39(25-27-42)43-19-11-16-38(28-43)29-48-46(51)41-17-9-4-10-18-41/h2-28,34,44-45,47,50H,29-33H2,1H3,(H,48,51). The number of aliphatic hydroxyl groups excluding tert-OH is 1. The molecule has 1 heterocycles. The Kier molecular flexibility index (Phi) is 11.8. The molecule has 4 unspecified atom stereocenters. The fraction of sp³-hybridized carbons (Fsp3) is 0.213. The summed E-state index contributed by atoms with van der Waals surface area (Å²) in [5, 5.41) is 12.7. The van der Waals surface area contributed by atoms with E-state index in [2.05, 4.69) is 126 Å². The summed E-state index contributed by atoms with van der Waals surface area (Å²) in [6, 6.07) is 55.2. The molecule has 0 radical (unpaired) electrons. The lowest BCUT2D eigenvalue weighted by molar-refractivity contribution is -0.276. The third-order valence-corrected chi connectivity index (χ3v) is 9.99. The Morgan fingerprint density at radius 1 is 0.623 bits per heavy atom. The highest BCUT2D eigenvalue weighted by molar-refractivity contribution is 5.94. The minimum absolute atomic E-state index is 0.00122. The van der Waals surface area contributed by atoms with Crippen molar-refractivity contribution in [3.63, 3.8) is 0 Å². The number of nitrogens with zero attached hydrogens (tertiary/aromatic N) is 1. The summed E-state index contributed by atoms with van der Waals surface area (Å²) in [4.78, 5) is 15.1. The van der Waals surface area contributed by atoms with Gasteiger partial charge >= 0.3 is 0 Å². The number of hydrogen-bond donors (Lipinski definition) is 2. The Morgan fingerprint density at radius 3 is 1.83 bits per heavy atom. The Balaban J connectivity index is 1.11. The Labute approximate surface area is 312 Å². The topological polar surface area (TPSA) is 71.0 Å². The van der Waals surface area contributed by atoms with E-state index in [0.29, 0.717) is 12.1 Å². The van der Waals surface area contributed by atoms with Gasteiger partial charge in [0.15, 0.2) is 6.29 Å². The molecule has 6 aromatic rings. The van der Waals surface area contributed by atoms with Gasteiger partial charge in [-0.1, -0.05) is 153 Å². The molecule has 1 fully saturated rings. The number of rotatable bonds is 13. The molecule has 0 aliphatic carbocycles. The first-order valence-corrected chi connectivity index (χ1v) is 18.4.